The van der Waals surface area contributed by atoms with Crippen LogP contribution in [0.4, 0.5) is 0 Å². The third kappa shape index (κ3) is 6.42. The molecular formula is C20H26N2O2. The zero-order chi connectivity index (χ0) is 17.0. The second-order valence-electron chi connectivity index (χ2n) is 5.65. The molecule has 2 N–H and O–H groups in total. The summed E-state index contributed by atoms with van der Waals surface area (Å²) >= 11 is 0. The molecule has 0 radical (unpaired) electrons. The van der Waals surface area contributed by atoms with Gasteiger partial charge in [0.2, 0.25) is 5.91 Å². The van der Waals surface area contributed by atoms with E-state index < -0.39 is 0 Å². The van der Waals surface area contributed by atoms with Crippen LogP contribution in [0.1, 0.15) is 17.5 Å². The first-order valence-corrected chi connectivity index (χ1v) is 8.43. The molecule has 0 saturated heterocycles. The largest absolute Gasteiger partial charge is 0.496 e. The maximum atomic E-state index is 11.8. The van der Waals surface area contributed by atoms with Crippen molar-refractivity contribution in [2.45, 2.75) is 19.3 Å². The van der Waals surface area contributed by atoms with Crippen LogP contribution in [0, 0.1) is 0 Å². The number of carbonyl (C=O) groups is 1. The average molecular weight is 326 g/mol. The molecule has 0 fully saturated rings. The fraction of sp³-hybridized carbons (Fsp3) is 0.350. The highest BCUT2D eigenvalue weighted by Gasteiger charge is 2.03. The van der Waals surface area contributed by atoms with E-state index in [1.165, 1.54) is 11.1 Å². The number of carbonyl (C=O) groups excluding carboxylic acids is 1. The predicted octanol–water partition coefficient (Wildman–Crippen LogP) is 2.58. The molecule has 128 valence electrons. The van der Waals surface area contributed by atoms with Crippen LogP contribution >= 0.6 is 0 Å². The Morgan fingerprint density at radius 3 is 2.46 bits per heavy atom. The Morgan fingerprint density at radius 2 is 1.67 bits per heavy atom. The molecule has 0 aliphatic rings. The maximum absolute atomic E-state index is 11.8. The highest BCUT2D eigenvalue weighted by molar-refractivity contribution is 5.76. The van der Waals surface area contributed by atoms with Gasteiger partial charge in [-0.05, 0) is 36.6 Å². The number of hydrogen-bond acceptors (Lipinski definition) is 3. The summed E-state index contributed by atoms with van der Waals surface area (Å²) in [6.07, 6.45) is 2.26. The van der Waals surface area contributed by atoms with E-state index in [0.29, 0.717) is 19.5 Å². The van der Waals surface area contributed by atoms with Crippen LogP contribution in [0.25, 0.3) is 0 Å². The summed E-state index contributed by atoms with van der Waals surface area (Å²) in [5, 5.41) is 6.27. The quantitative estimate of drug-likeness (QED) is 0.660. The first-order chi connectivity index (χ1) is 11.8. The fourth-order valence-corrected chi connectivity index (χ4v) is 2.54. The van der Waals surface area contributed by atoms with E-state index in [9.17, 15) is 4.79 Å². The molecule has 0 saturated carbocycles. The summed E-state index contributed by atoms with van der Waals surface area (Å²) in [5.74, 6) is 1.01. The summed E-state index contributed by atoms with van der Waals surface area (Å²) in [6.45, 7) is 2.20. The minimum absolute atomic E-state index is 0.0933. The Hall–Kier alpha value is -2.33. The molecular weight excluding hydrogens is 300 g/mol. The van der Waals surface area contributed by atoms with E-state index in [0.717, 1.165) is 25.1 Å². The first kappa shape index (κ1) is 18.0. The zero-order valence-corrected chi connectivity index (χ0v) is 14.3. The van der Waals surface area contributed by atoms with Crippen molar-refractivity contribution in [1.82, 2.24) is 10.6 Å². The van der Waals surface area contributed by atoms with Crippen molar-refractivity contribution in [3.63, 3.8) is 0 Å². The molecule has 24 heavy (non-hydrogen) atoms. The van der Waals surface area contributed by atoms with Crippen LogP contribution in [0.5, 0.6) is 5.75 Å². The lowest BCUT2D eigenvalue weighted by Gasteiger charge is -2.09. The van der Waals surface area contributed by atoms with Crippen LogP contribution in [-0.2, 0) is 17.6 Å². The number of methoxy groups -OCH3 is 1. The predicted molar refractivity (Wildman–Crippen MR) is 97.3 cm³/mol. The van der Waals surface area contributed by atoms with Gasteiger partial charge in [0.1, 0.15) is 5.75 Å². The molecule has 1 amide bonds. The SMILES string of the molecule is COc1ccccc1CCNCCC(=O)NCCc1ccccc1. The number of rotatable bonds is 10. The minimum Gasteiger partial charge on any atom is -0.496 e. The average Bonchev–Trinajstić information content (AvgIpc) is 2.62. The third-order valence-corrected chi connectivity index (χ3v) is 3.87. The maximum Gasteiger partial charge on any atom is 0.221 e. The zero-order valence-electron chi connectivity index (χ0n) is 14.3. The molecule has 2 rings (SSSR count). The lowest BCUT2D eigenvalue weighted by molar-refractivity contribution is -0.120. The fourth-order valence-electron chi connectivity index (χ4n) is 2.54. The topological polar surface area (TPSA) is 50.4 Å². The van der Waals surface area contributed by atoms with Crippen LogP contribution in [0.15, 0.2) is 54.6 Å². The molecule has 0 unspecified atom stereocenters. The van der Waals surface area contributed by atoms with Gasteiger partial charge < -0.3 is 15.4 Å². The van der Waals surface area contributed by atoms with Gasteiger partial charge in [-0.1, -0.05) is 48.5 Å². The molecule has 0 aromatic heterocycles. The molecule has 0 atom stereocenters. The smallest absolute Gasteiger partial charge is 0.221 e. The van der Waals surface area contributed by atoms with Crippen molar-refractivity contribution in [1.29, 1.82) is 0 Å². The normalized spacial score (nSPS) is 10.4. The monoisotopic (exact) mass is 326 g/mol. The summed E-state index contributed by atoms with van der Waals surface area (Å²) in [6, 6.07) is 18.2. The number of benzene rings is 2. The van der Waals surface area contributed by atoms with Gasteiger partial charge in [0, 0.05) is 19.5 Å². The number of nitrogens with one attached hydrogen (secondary N) is 2. The summed E-state index contributed by atoms with van der Waals surface area (Å²) < 4.78 is 5.33. The van der Waals surface area contributed by atoms with Crippen molar-refractivity contribution in [2.75, 3.05) is 26.7 Å². The van der Waals surface area contributed by atoms with Gasteiger partial charge in [0.15, 0.2) is 0 Å². The van der Waals surface area contributed by atoms with E-state index in [4.69, 9.17) is 4.74 Å². The molecule has 0 aliphatic heterocycles. The van der Waals surface area contributed by atoms with Gasteiger partial charge in [-0.25, -0.2) is 0 Å². The van der Waals surface area contributed by atoms with Crippen LogP contribution < -0.4 is 15.4 Å². The van der Waals surface area contributed by atoms with Crippen molar-refractivity contribution in [3.05, 3.63) is 65.7 Å². The van der Waals surface area contributed by atoms with Crippen LogP contribution in [0.2, 0.25) is 0 Å². The number of hydrogen-bond donors (Lipinski definition) is 2. The highest BCUT2D eigenvalue weighted by Crippen LogP contribution is 2.17. The van der Waals surface area contributed by atoms with E-state index in [1.807, 2.05) is 36.4 Å². The second kappa shape index (κ2) is 10.4. The molecule has 0 spiro atoms. The summed E-state index contributed by atoms with van der Waals surface area (Å²) in [4.78, 5) is 11.8. The van der Waals surface area contributed by atoms with Crippen molar-refractivity contribution < 1.29 is 9.53 Å². The summed E-state index contributed by atoms with van der Waals surface area (Å²) in [5.41, 5.74) is 2.42. The first-order valence-electron chi connectivity index (χ1n) is 8.43. The van der Waals surface area contributed by atoms with Crippen molar-refractivity contribution in [2.24, 2.45) is 0 Å². The number of para-hydroxylation sites is 1. The lowest BCUT2D eigenvalue weighted by Crippen LogP contribution is -2.29. The molecule has 2 aromatic rings. The molecule has 0 heterocycles. The van der Waals surface area contributed by atoms with Gasteiger partial charge in [-0.15, -0.1) is 0 Å². The Bertz CT molecular complexity index is 614. The molecule has 0 bridgehead atoms. The van der Waals surface area contributed by atoms with E-state index in [-0.39, 0.29) is 5.91 Å². The molecule has 0 aliphatic carbocycles. The minimum atomic E-state index is 0.0933. The highest BCUT2D eigenvalue weighted by atomic mass is 16.5. The van der Waals surface area contributed by atoms with Gasteiger partial charge in [-0.2, -0.15) is 0 Å². The van der Waals surface area contributed by atoms with Crippen molar-refractivity contribution in [3.8, 4) is 5.75 Å². The number of amides is 1. The van der Waals surface area contributed by atoms with Gasteiger partial charge in [0.05, 0.1) is 7.11 Å². The summed E-state index contributed by atoms with van der Waals surface area (Å²) in [7, 11) is 1.69. The van der Waals surface area contributed by atoms with Gasteiger partial charge in [-0.3, -0.25) is 4.79 Å². The molecule has 2 aromatic carbocycles. The van der Waals surface area contributed by atoms with E-state index >= 15 is 0 Å². The van der Waals surface area contributed by atoms with Gasteiger partial charge >= 0.3 is 0 Å². The molecule has 4 heteroatoms. The Balaban J connectivity index is 1.54. The second-order valence-corrected chi connectivity index (χ2v) is 5.65. The van der Waals surface area contributed by atoms with Gasteiger partial charge in [0.25, 0.3) is 0 Å². The van der Waals surface area contributed by atoms with E-state index in [1.54, 1.807) is 7.11 Å². The van der Waals surface area contributed by atoms with Crippen LogP contribution in [0.3, 0.4) is 0 Å². The Labute approximate surface area is 144 Å². The Morgan fingerprint density at radius 1 is 0.917 bits per heavy atom. The van der Waals surface area contributed by atoms with E-state index in [2.05, 4.69) is 28.8 Å². The third-order valence-electron chi connectivity index (χ3n) is 3.87. The molecule has 4 nitrogen and oxygen atoms in total. The van der Waals surface area contributed by atoms with Crippen LogP contribution in [-0.4, -0.2) is 32.7 Å². The number of ether oxygens (including phenoxy) is 1. The lowest BCUT2D eigenvalue weighted by atomic mass is 10.1. The Kier molecular flexibility index (Phi) is 7.84. The van der Waals surface area contributed by atoms with Crippen molar-refractivity contribution >= 4 is 5.91 Å². The standard InChI is InChI=1S/C20H26N2O2/c1-24-19-10-6-5-9-18(19)12-14-21-15-13-20(23)22-16-11-17-7-3-2-4-8-17/h2-10,21H,11-16H2,1H3,(H,22,23).